The maximum absolute atomic E-state index is 12.9. The second-order valence-corrected chi connectivity index (χ2v) is 8.72. The predicted octanol–water partition coefficient (Wildman–Crippen LogP) is 5.20. The Balaban J connectivity index is 1.63. The van der Waals surface area contributed by atoms with Gasteiger partial charge < -0.3 is 14.8 Å². The number of carbonyl (C=O) groups excluding carboxylic acids is 1. The first-order valence-electron chi connectivity index (χ1n) is 11.1. The minimum atomic E-state index is -0.177. The number of nitrogens with zero attached hydrogens (tertiary/aromatic N) is 1. The Labute approximate surface area is 200 Å². The Morgan fingerprint density at radius 2 is 1.76 bits per heavy atom. The number of fused-ring (bicyclic) bond motifs is 1. The van der Waals surface area contributed by atoms with Crippen LogP contribution >= 0.6 is 11.6 Å². The molecule has 4 rings (SSSR count). The number of ether oxygens (including phenoxy) is 2. The average molecular weight is 465 g/mol. The average Bonchev–Trinajstić information content (AvgIpc) is 2.83. The van der Waals surface area contributed by atoms with E-state index in [1.165, 1.54) is 16.7 Å². The fourth-order valence-electron chi connectivity index (χ4n) is 4.37. The highest BCUT2D eigenvalue weighted by Gasteiger charge is 2.30. The Morgan fingerprint density at radius 3 is 2.45 bits per heavy atom. The number of rotatable bonds is 7. The highest BCUT2D eigenvalue weighted by molar-refractivity contribution is 6.33. The molecule has 33 heavy (non-hydrogen) atoms. The van der Waals surface area contributed by atoms with Crippen LogP contribution in [0, 0.1) is 6.92 Å². The van der Waals surface area contributed by atoms with Crippen LogP contribution < -0.4 is 14.8 Å². The molecule has 1 N–H and O–H groups in total. The van der Waals surface area contributed by atoms with Gasteiger partial charge in [0.05, 0.1) is 30.8 Å². The van der Waals surface area contributed by atoms with E-state index in [9.17, 15) is 4.79 Å². The minimum Gasteiger partial charge on any atom is -0.493 e. The third-order valence-corrected chi connectivity index (χ3v) is 6.52. The van der Waals surface area contributed by atoms with Crippen LogP contribution in [0.1, 0.15) is 38.7 Å². The van der Waals surface area contributed by atoms with Crippen molar-refractivity contribution >= 4 is 17.5 Å². The summed E-state index contributed by atoms with van der Waals surface area (Å²) in [4.78, 5) is 15.3. The summed E-state index contributed by atoms with van der Waals surface area (Å²) < 4.78 is 11.1. The summed E-state index contributed by atoms with van der Waals surface area (Å²) in [5.74, 6) is 1.24. The summed E-state index contributed by atoms with van der Waals surface area (Å²) in [7, 11) is 3.30. The summed E-state index contributed by atoms with van der Waals surface area (Å²) in [6.45, 7) is 4.22. The Hall–Kier alpha value is -3.02. The van der Waals surface area contributed by atoms with Crippen LogP contribution in [0.5, 0.6) is 11.5 Å². The van der Waals surface area contributed by atoms with Gasteiger partial charge >= 0.3 is 0 Å². The van der Waals surface area contributed by atoms with Gasteiger partial charge in [0, 0.05) is 19.6 Å². The molecule has 1 amide bonds. The quantitative estimate of drug-likeness (QED) is 0.522. The largest absolute Gasteiger partial charge is 0.493 e. The number of aryl methyl sites for hydroxylation is 1. The lowest BCUT2D eigenvalue weighted by Gasteiger charge is -2.38. The van der Waals surface area contributed by atoms with E-state index >= 15 is 0 Å². The van der Waals surface area contributed by atoms with E-state index < -0.39 is 0 Å². The third kappa shape index (κ3) is 5.15. The van der Waals surface area contributed by atoms with Crippen LogP contribution in [0.3, 0.4) is 0 Å². The number of halogens is 1. The van der Waals surface area contributed by atoms with Crippen LogP contribution in [-0.4, -0.2) is 38.1 Å². The molecule has 0 spiro atoms. The lowest BCUT2D eigenvalue weighted by molar-refractivity contribution is 0.0926. The standard InChI is InChI=1S/C27H29ClN2O3/c1-18-8-10-19(11-9-18)17-30-13-12-20-14-25(32-2)26(33-3)15-22(20)24(30)16-29-27(31)21-6-4-5-7-23(21)28/h4-11,14-15,24H,12-13,16-17H2,1-3H3,(H,29,31)/t24-/m0/s1. The molecule has 0 unspecified atom stereocenters. The molecule has 0 fully saturated rings. The zero-order valence-corrected chi connectivity index (χ0v) is 20.0. The molecule has 0 radical (unpaired) electrons. The van der Waals surface area contributed by atoms with E-state index in [1.54, 1.807) is 26.4 Å². The van der Waals surface area contributed by atoms with E-state index in [0.717, 1.165) is 30.8 Å². The second-order valence-electron chi connectivity index (χ2n) is 8.32. The number of carbonyl (C=O) groups is 1. The van der Waals surface area contributed by atoms with Gasteiger partial charge in [0.1, 0.15) is 0 Å². The molecule has 0 aliphatic carbocycles. The van der Waals surface area contributed by atoms with Crippen molar-refractivity contribution in [3.05, 3.63) is 93.5 Å². The van der Waals surface area contributed by atoms with Crippen molar-refractivity contribution in [3.8, 4) is 11.5 Å². The monoisotopic (exact) mass is 464 g/mol. The fraction of sp³-hybridized carbons (Fsp3) is 0.296. The van der Waals surface area contributed by atoms with Crippen molar-refractivity contribution in [3.63, 3.8) is 0 Å². The molecule has 1 aliphatic rings. The topological polar surface area (TPSA) is 50.8 Å². The molecule has 1 heterocycles. The number of methoxy groups -OCH3 is 2. The molecule has 6 heteroatoms. The molecule has 0 saturated heterocycles. The van der Waals surface area contributed by atoms with E-state index in [1.807, 2.05) is 18.2 Å². The lowest BCUT2D eigenvalue weighted by atomic mass is 9.91. The first kappa shape index (κ1) is 23.1. The predicted molar refractivity (Wildman–Crippen MR) is 131 cm³/mol. The van der Waals surface area contributed by atoms with Gasteiger partial charge in [-0.25, -0.2) is 0 Å². The molecular formula is C27H29ClN2O3. The van der Waals surface area contributed by atoms with Crippen molar-refractivity contribution < 1.29 is 14.3 Å². The first-order valence-corrected chi connectivity index (χ1v) is 11.4. The van der Waals surface area contributed by atoms with Gasteiger partial charge in [0.15, 0.2) is 11.5 Å². The Kier molecular flexibility index (Phi) is 7.21. The molecule has 1 atom stereocenters. The minimum absolute atomic E-state index is 0.0127. The molecule has 5 nitrogen and oxygen atoms in total. The highest BCUT2D eigenvalue weighted by Crippen LogP contribution is 2.38. The number of benzene rings is 3. The third-order valence-electron chi connectivity index (χ3n) is 6.19. The molecular weight excluding hydrogens is 436 g/mol. The number of amides is 1. The molecule has 0 saturated carbocycles. The Bertz CT molecular complexity index is 1130. The summed E-state index contributed by atoms with van der Waals surface area (Å²) in [5, 5.41) is 3.55. The van der Waals surface area contributed by atoms with Crippen LogP contribution in [-0.2, 0) is 13.0 Å². The van der Waals surface area contributed by atoms with E-state index in [-0.39, 0.29) is 11.9 Å². The van der Waals surface area contributed by atoms with Crippen LogP contribution in [0.25, 0.3) is 0 Å². The van der Waals surface area contributed by atoms with Crippen LogP contribution in [0.15, 0.2) is 60.7 Å². The van der Waals surface area contributed by atoms with Crippen LogP contribution in [0.2, 0.25) is 5.02 Å². The van der Waals surface area contributed by atoms with E-state index in [0.29, 0.717) is 22.9 Å². The number of nitrogens with one attached hydrogen (secondary N) is 1. The van der Waals surface area contributed by atoms with Crippen molar-refractivity contribution in [2.24, 2.45) is 0 Å². The van der Waals surface area contributed by atoms with Gasteiger partial charge in [-0.1, -0.05) is 53.6 Å². The summed E-state index contributed by atoms with van der Waals surface area (Å²) >= 11 is 6.24. The summed E-state index contributed by atoms with van der Waals surface area (Å²) in [5.41, 5.74) is 5.32. The van der Waals surface area contributed by atoms with Gasteiger partial charge in [0.25, 0.3) is 5.91 Å². The van der Waals surface area contributed by atoms with E-state index in [4.69, 9.17) is 21.1 Å². The van der Waals surface area contributed by atoms with Gasteiger partial charge in [-0.15, -0.1) is 0 Å². The maximum Gasteiger partial charge on any atom is 0.252 e. The van der Waals surface area contributed by atoms with Crippen molar-refractivity contribution in [2.45, 2.75) is 25.9 Å². The molecule has 172 valence electrons. The van der Waals surface area contributed by atoms with Crippen molar-refractivity contribution in [2.75, 3.05) is 27.3 Å². The van der Waals surface area contributed by atoms with E-state index in [2.05, 4.69) is 47.5 Å². The zero-order chi connectivity index (χ0) is 23.4. The SMILES string of the molecule is COc1cc2c(cc1OC)[C@H](CNC(=O)c1ccccc1Cl)N(Cc1ccc(C)cc1)CC2. The molecule has 0 bridgehead atoms. The second kappa shape index (κ2) is 10.3. The van der Waals surface area contributed by atoms with Crippen LogP contribution in [0.4, 0.5) is 0 Å². The molecule has 3 aromatic carbocycles. The molecule has 3 aromatic rings. The molecule has 1 aliphatic heterocycles. The van der Waals surface area contributed by atoms with Gasteiger partial charge in [-0.05, 0) is 54.3 Å². The highest BCUT2D eigenvalue weighted by atomic mass is 35.5. The fourth-order valence-corrected chi connectivity index (χ4v) is 4.59. The normalized spacial score (nSPS) is 15.6. The Morgan fingerprint density at radius 1 is 1.06 bits per heavy atom. The van der Waals surface area contributed by atoms with Crippen molar-refractivity contribution in [1.82, 2.24) is 10.2 Å². The van der Waals surface area contributed by atoms with Gasteiger partial charge in [-0.3, -0.25) is 9.69 Å². The zero-order valence-electron chi connectivity index (χ0n) is 19.2. The number of hydrogen-bond donors (Lipinski definition) is 1. The van der Waals surface area contributed by atoms with Crippen molar-refractivity contribution in [1.29, 1.82) is 0 Å². The van der Waals surface area contributed by atoms with Gasteiger partial charge in [0.2, 0.25) is 0 Å². The maximum atomic E-state index is 12.9. The lowest BCUT2D eigenvalue weighted by Crippen LogP contribution is -2.41. The number of hydrogen-bond acceptors (Lipinski definition) is 4. The summed E-state index contributed by atoms with van der Waals surface area (Å²) in [6, 6.07) is 19.8. The molecule has 0 aromatic heterocycles. The smallest absolute Gasteiger partial charge is 0.252 e. The first-order chi connectivity index (χ1) is 16.0. The van der Waals surface area contributed by atoms with Gasteiger partial charge in [-0.2, -0.15) is 0 Å². The summed E-state index contributed by atoms with van der Waals surface area (Å²) in [6.07, 6.45) is 0.899.